The predicted molar refractivity (Wildman–Crippen MR) is 88.0 cm³/mol. The lowest BCUT2D eigenvalue weighted by atomic mass is 10.2. The molecule has 2 aromatic rings. The number of nitrogens with zero attached hydrogens (tertiary/aromatic N) is 2. The lowest BCUT2D eigenvalue weighted by Gasteiger charge is -2.05. The smallest absolute Gasteiger partial charge is 0.296 e. The molecular weight excluding hydrogens is 372 g/mol. The number of benzene rings is 2. The van der Waals surface area contributed by atoms with Crippen molar-refractivity contribution in [1.29, 1.82) is 0 Å². The number of aryl methyl sites for hydroxylation is 1. The van der Waals surface area contributed by atoms with Crippen molar-refractivity contribution in [2.75, 3.05) is 7.11 Å². The molecule has 0 spiro atoms. The SMILES string of the molecule is COc1ccc(C)c(N=Nc2cc(S(=O)(=O)O)ccc2S(=O)(=O)O)c1. The van der Waals surface area contributed by atoms with Gasteiger partial charge in [0, 0.05) is 6.07 Å². The molecule has 0 bridgehead atoms. The third kappa shape index (κ3) is 4.60. The van der Waals surface area contributed by atoms with E-state index in [0.29, 0.717) is 17.0 Å². The van der Waals surface area contributed by atoms with Crippen LogP contribution < -0.4 is 4.74 Å². The molecule has 0 aliphatic heterocycles. The third-order valence-electron chi connectivity index (χ3n) is 3.19. The minimum atomic E-state index is -4.68. The van der Waals surface area contributed by atoms with Gasteiger partial charge in [0.2, 0.25) is 0 Å². The highest BCUT2D eigenvalue weighted by Crippen LogP contribution is 2.31. The Hall–Kier alpha value is -2.34. The van der Waals surface area contributed by atoms with Crippen LogP contribution >= 0.6 is 0 Å². The monoisotopic (exact) mass is 386 g/mol. The Morgan fingerprint density at radius 1 is 0.880 bits per heavy atom. The second kappa shape index (κ2) is 6.88. The highest BCUT2D eigenvalue weighted by Gasteiger charge is 2.19. The van der Waals surface area contributed by atoms with Crippen molar-refractivity contribution in [2.24, 2.45) is 10.2 Å². The molecule has 0 amide bonds. The summed E-state index contributed by atoms with van der Waals surface area (Å²) < 4.78 is 68.6. The quantitative estimate of drug-likeness (QED) is 0.594. The zero-order valence-electron chi connectivity index (χ0n) is 13.1. The zero-order chi connectivity index (χ0) is 18.8. The molecule has 0 fully saturated rings. The molecule has 0 unspecified atom stereocenters. The number of ether oxygens (including phenoxy) is 1. The Morgan fingerprint density at radius 2 is 1.52 bits per heavy atom. The number of hydrogen-bond acceptors (Lipinski definition) is 7. The molecule has 134 valence electrons. The maximum atomic E-state index is 11.4. The minimum absolute atomic E-state index is 0.345. The fraction of sp³-hybridized carbons (Fsp3) is 0.143. The summed E-state index contributed by atoms with van der Waals surface area (Å²) in [6.07, 6.45) is 0. The van der Waals surface area contributed by atoms with Gasteiger partial charge in [-0.1, -0.05) is 6.07 Å². The Balaban J connectivity index is 2.61. The van der Waals surface area contributed by atoms with Gasteiger partial charge in [0.05, 0.1) is 17.7 Å². The van der Waals surface area contributed by atoms with Gasteiger partial charge in [0.15, 0.2) is 0 Å². The fourth-order valence-electron chi connectivity index (χ4n) is 1.89. The van der Waals surface area contributed by atoms with Crippen LogP contribution in [0.2, 0.25) is 0 Å². The van der Waals surface area contributed by atoms with Crippen LogP contribution in [0.1, 0.15) is 5.56 Å². The standard InChI is InChI=1S/C14H14N2O7S2/c1-9-3-4-10(23-2)7-12(9)15-16-13-8-11(24(17,18)19)5-6-14(13)25(20,21)22/h3-8H,1-2H3,(H,17,18,19)(H,20,21,22). The van der Waals surface area contributed by atoms with Gasteiger partial charge in [-0.05, 0) is 36.8 Å². The lowest BCUT2D eigenvalue weighted by Crippen LogP contribution is -2.02. The average molecular weight is 386 g/mol. The van der Waals surface area contributed by atoms with Gasteiger partial charge in [-0.3, -0.25) is 9.11 Å². The molecule has 2 aromatic carbocycles. The Kier molecular flexibility index (Phi) is 5.23. The Morgan fingerprint density at radius 3 is 2.08 bits per heavy atom. The molecule has 0 saturated carbocycles. The second-order valence-corrected chi connectivity index (χ2v) is 7.74. The van der Waals surface area contributed by atoms with Crippen LogP contribution in [0.15, 0.2) is 56.4 Å². The summed E-state index contributed by atoms with van der Waals surface area (Å²) in [7, 11) is -7.81. The molecule has 2 rings (SSSR count). The van der Waals surface area contributed by atoms with Crippen LogP contribution in [0.3, 0.4) is 0 Å². The van der Waals surface area contributed by atoms with Crippen LogP contribution in [-0.4, -0.2) is 33.1 Å². The van der Waals surface area contributed by atoms with Crippen LogP contribution in [-0.2, 0) is 20.2 Å². The van der Waals surface area contributed by atoms with Crippen molar-refractivity contribution >= 4 is 31.6 Å². The van der Waals surface area contributed by atoms with Gasteiger partial charge < -0.3 is 4.74 Å². The summed E-state index contributed by atoms with van der Waals surface area (Å²) in [4.78, 5) is -1.24. The predicted octanol–water partition coefficient (Wildman–Crippen LogP) is 2.91. The molecule has 0 radical (unpaired) electrons. The molecule has 11 heteroatoms. The maximum absolute atomic E-state index is 11.4. The lowest BCUT2D eigenvalue weighted by molar-refractivity contribution is 0.415. The van der Waals surface area contributed by atoms with E-state index in [9.17, 15) is 21.4 Å². The number of rotatable bonds is 5. The van der Waals surface area contributed by atoms with E-state index >= 15 is 0 Å². The van der Waals surface area contributed by atoms with Gasteiger partial charge in [-0.2, -0.15) is 21.9 Å². The van der Waals surface area contributed by atoms with E-state index < -0.39 is 35.7 Å². The van der Waals surface area contributed by atoms with Gasteiger partial charge in [0.1, 0.15) is 16.3 Å². The number of methoxy groups -OCH3 is 1. The highest BCUT2D eigenvalue weighted by molar-refractivity contribution is 7.86. The normalized spacial score (nSPS) is 12.5. The molecule has 0 aliphatic carbocycles. The summed E-state index contributed by atoms with van der Waals surface area (Å²) >= 11 is 0. The number of azo groups is 1. The van der Waals surface area contributed by atoms with Crippen molar-refractivity contribution in [3.8, 4) is 5.75 Å². The molecule has 25 heavy (non-hydrogen) atoms. The van der Waals surface area contributed by atoms with E-state index in [4.69, 9.17) is 9.29 Å². The first-order valence-electron chi connectivity index (χ1n) is 6.68. The van der Waals surface area contributed by atoms with Crippen LogP contribution in [0, 0.1) is 6.92 Å². The van der Waals surface area contributed by atoms with Crippen molar-refractivity contribution < 1.29 is 30.7 Å². The topological polar surface area (TPSA) is 143 Å². The number of hydrogen-bond donors (Lipinski definition) is 2. The molecule has 0 aliphatic rings. The summed E-state index contributed by atoms with van der Waals surface area (Å²) in [5, 5.41) is 7.58. The average Bonchev–Trinajstić information content (AvgIpc) is 2.52. The summed E-state index contributed by atoms with van der Waals surface area (Å²) in [6, 6.07) is 7.36. The van der Waals surface area contributed by atoms with E-state index in [1.807, 2.05) is 0 Å². The van der Waals surface area contributed by atoms with E-state index in [-0.39, 0.29) is 0 Å². The largest absolute Gasteiger partial charge is 0.497 e. The summed E-state index contributed by atoms with van der Waals surface area (Å²) in [6.45, 7) is 1.73. The summed E-state index contributed by atoms with van der Waals surface area (Å²) in [5.74, 6) is 0.487. The molecule has 0 saturated heterocycles. The fourth-order valence-corrected chi connectivity index (χ4v) is 2.99. The van der Waals surface area contributed by atoms with Gasteiger partial charge in [-0.15, -0.1) is 5.11 Å². The first-order valence-corrected chi connectivity index (χ1v) is 9.56. The molecule has 0 aromatic heterocycles. The van der Waals surface area contributed by atoms with Gasteiger partial charge in [-0.25, -0.2) is 0 Å². The Labute approximate surface area is 144 Å². The first-order chi connectivity index (χ1) is 11.5. The first kappa shape index (κ1) is 19.0. The van der Waals surface area contributed by atoms with Crippen molar-refractivity contribution in [3.05, 3.63) is 42.0 Å². The van der Waals surface area contributed by atoms with Gasteiger partial charge >= 0.3 is 0 Å². The summed E-state index contributed by atoms with van der Waals surface area (Å²) in [5.41, 5.74) is 0.599. The third-order valence-corrected chi connectivity index (χ3v) is 4.94. The van der Waals surface area contributed by atoms with Crippen LogP contribution in [0.25, 0.3) is 0 Å². The Bertz CT molecular complexity index is 1040. The van der Waals surface area contributed by atoms with Crippen LogP contribution in [0.4, 0.5) is 11.4 Å². The van der Waals surface area contributed by atoms with E-state index in [1.165, 1.54) is 7.11 Å². The van der Waals surface area contributed by atoms with Crippen molar-refractivity contribution in [3.63, 3.8) is 0 Å². The molecule has 2 N–H and O–H groups in total. The van der Waals surface area contributed by atoms with E-state index in [1.54, 1.807) is 25.1 Å². The molecular formula is C14H14N2O7S2. The molecule has 9 nitrogen and oxygen atoms in total. The zero-order valence-corrected chi connectivity index (χ0v) is 14.7. The van der Waals surface area contributed by atoms with Gasteiger partial charge in [0.25, 0.3) is 20.2 Å². The van der Waals surface area contributed by atoms with Crippen LogP contribution in [0.5, 0.6) is 5.75 Å². The highest BCUT2D eigenvalue weighted by atomic mass is 32.2. The minimum Gasteiger partial charge on any atom is -0.497 e. The molecule has 0 atom stereocenters. The van der Waals surface area contributed by atoms with Crippen molar-refractivity contribution in [1.82, 2.24) is 0 Å². The maximum Gasteiger partial charge on any atom is 0.296 e. The van der Waals surface area contributed by atoms with E-state index in [2.05, 4.69) is 10.2 Å². The molecule has 0 heterocycles. The van der Waals surface area contributed by atoms with E-state index in [0.717, 1.165) is 18.2 Å². The van der Waals surface area contributed by atoms with Crippen molar-refractivity contribution in [2.45, 2.75) is 16.7 Å². The second-order valence-electron chi connectivity index (χ2n) is 4.93.